The van der Waals surface area contributed by atoms with Crippen LogP contribution in [0.15, 0.2) is 42.6 Å². The van der Waals surface area contributed by atoms with Gasteiger partial charge in [0.1, 0.15) is 5.75 Å². The van der Waals surface area contributed by atoms with Crippen molar-refractivity contribution in [2.45, 2.75) is 70.0 Å². The second-order valence-electron chi connectivity index (χ2n) is 15.6. The number of amides is 2. The van der Waals surface area contributed by atoms with E-state index in [1.807, 2.05) is 30.1 Å². The van der Waals surface area contributed by atoms with E-state index in [2.05, 4.69) is 44.4 Å². The van der Waals surface area contributed by atoms with E-state index in [0.29, 0.717) is 30.6 Å². The van der Waals surface area contributed by atoms with Crippen LogP contribution in [-0.2, 0) is 28.5 Å². The standard InChI is InChI=1S/C41H49N7O6S/c1-4-45-24-31-21-30(45)25-47(31)41(50)35-22-42-44(2)38(35)29-18-28-19-32(53-3)11-13-33(28)39-37(26-8-6-5-7-9-26)34-12-10-27(20-36(34)48(39)23-29)40(49)43-55(51,52)46-14-16-54-17-15-46/h10-13,18-20,22,26,30-31H,4-9,14-17,21,23-25H2,1-3H3,(H,43,49)/t30-,31-/m1/s1. The van der Waals surface area contributed by atoms with Crippen molar-refractivity contribution in [1.29, 1.82) is 0 Å². The molecule has 9 rings (SSSR count). The van der Waals surface area contributed by atoms with E-state index in [1.54, 1.807) is 24.1 Å². The molecule has 290 valence electrons. The van der Waals surface area contributed by atoms with Crippen LogP contribution >= 0.6 is 0 Å². The lowest BCUT2D eigenvalue weighted by atomic mass is 9.81. The molecule has 3 saturated heterocycles. The van der Waals surface area contributed by atoms with Crippen LogP contribution in [0, 0.1) is 0 Å². The van der Waals surface area contributed by atoms with Gasteiger partial charge in [0.25, 0.3) is 11.8 Å². The third-order valence-corrected chi connectivity index (χ3v) is 14.1. The minimum atomic E-state index is -4.06. The SMILES string of the molecule is CCN1C[C@H]2C[C@@H]1CN2C(=O)c1cnn(C)c1C1=Cc2cc(OC)ccc2-c2c(C3CCCCC3)c3ccc(C(=O)NS(=O)(=O)N4CCOCC4)cc3n2C1. The molecule has 1 saturated carbocycles. The summed E-state index contributed by atoms with van der Waals surface area (Å²) in [5.41, 5.74) is 7.69. The Balaban J connectivity index is 1.18. The predicted molar refractivity (Wildman–Crippen MR) is 210 cm³/mol. The summed E-state index contributed by atoms with van der Waals surface area (Å²) < 4.78 is 45.2. The summed E-state index contributed by atoms with van der Waals surface area (Å²) >= 11 is 0. The molecule has 0 unspecified atom stereocenters. The Kier molecular flexibility index (Phi) is 9.35. The topological polar surface area (TPSA) is 131 Å². The van der Waals surface area contributed by atoms with Gasteiger partial charge in [-0.25, -0.2) is 4.72 Å². The monoisotopic (exact) mass is 767 g/mol. The highest BCUT2D eigenvalue weighted by molar-refractivity contribution is 7.87. The normalized spacial score (nSPS) is 22.0. The average Bonchev–Trinajstić information content (AvgIpc) is 3.97. The molecule has 2 bridgehead atoms. The zero-order valence-corrected chi connectivity index (χ0v) is 32.6. The molecule has 2 atom stereocenters. The highest BCUT2D eigenvalue weighted by atomic mass is 32.2. The lowest BCUT2D eigenvalue weighted by molar-refractivity contribution is 0.0630. The zero-order chi connectivity index (χ0) is 38.0. The second kappa shape index (κ2) is 14.2. The molecule has 2 amide bonds. The molecule has 4 fully saturated rings. The molecule has 13 nitrogen and oxygen atoms in total. The van der Waals surface area contributed by atoms with E-state index < -0.39 is 16.1 Å². The van der Waals surface area contributed by atoms with E-state index in [1.165, 1.54) is 16.3 Å². The lowest BCUT2D eigenvalue weighted by Gasteiger charge is -2.33. The second-order valence-corrected chi connectivity index (χ2v) is 17.3. The van der Waals surface area contributed by atoms with Gasteiger partial charge in [-0.2, -0.15) is 17.8 Å². The Morgan fingerprint density at radius 1 is 1.00 bits per heavy atom. The number of morpholine rings is 1. The fourth-order valence-electron chi connectivity index (χ4n) is 9.87. The van der Waals surface area contributed by atoms with Gasteiger partial charge >= 0.3 is 10.2 Å². The molecular formula is C41H49N7O6S. The van der Waals surface area contributed by atoms with E-state index >= 15 is 0 Å². The number of fused-ring (bicyclic) bond motifs is 7. The van der Waals surface area contributed by atoms with Crippen LogP contribution in [-0.4, -0.2) is 114 Å². The number of methoxy groups -OCH3 is 1. The molecule has 2 aromatic carbocycles. The molecular weight excluding hydrogens is 719 g/mol. The first-order chi connectivity index (χ1) is 26.6. The van der Waals surface area contributed by atoms with Crippen molar-refractivity contribution in [3.8, 4) is 17.0 Å². The van der Waals surface area contributed by atoms with E-state index in [9.17, 15) is 18.0 Å². The zero-order valence-electron chi connectivity index (χ0n) is 31.8. The lowest BCUT2D eigenvalue weighted by Crippen LogP contribution is -2.48. The van der Waals surface area contributed by atoms with Crippen molar-refractivity contribution >= 4 is 44.6 Å². The van der Waals surface area contributed by atoms with Crippen molar-refractivity contribution < 1.29 is 27.5 Å². The van der Waals surface area contributed by atoms with Crippen molar-refractivity contribution in [2.75, 3.05) is 53.0 Å². The number of hydrogen-bond donors (Lipinski definition) is 1. The number of ether oxygens (including phenoxy) is 2. The molecule has 4 aliphatic heterocycles. The maximum atomic E-state index is 14.5. The summed E-state index contributed by atoms with van der Waals surface area (Å²) in [6.45, 7) is 6.12. The molecule has 1 aliphatic carbocycles. The van der Waals surface area contributed by atoms with E-state index in [-0.39, 0.29) is 43.8 Å². The number of benzene rings is 2. The number of allylic oxidation sites excluding steroid dienone is 1. The molecule has 4 aromatic rings. The van der Waals surface area contributed by atoms with Crippen LogP contribution in [0.5, 0.6) is 5.75 Å². The van der Waals surface area contributed by atoms with Gasteiger partial charge in [0.2, 0.25) is 0 Å². The Bertz CT molecular complexity index is 2320. The summed E-state index contributed by atoms with van der Waals surface area (Å²) in [5.74, 6) is 0.364. The maximum absolute atomic E-state index is 14.5. The van der Waals surface area contributed by atoms with Gasteiger partial charge in [-0.1, -0.05) is 32.3 Å². The summed E-state index contributed by atoms with van der Waals surface area (Å²) in [7, 11) is -0.504. The van der Waals surface area contributed by atoms with Crippen LogP contribution in [0.3, 0.4) is 0 Å². The van der Waals surface area contributed by atoms with Crippen LogP contribution in [0.25, 0.3) is 33.8 Å². The number of piperazine rings is 1. The number of nitrogens with one attached hydrogen (secondary N) is 1. The Morgan fingerprint density at radius 2 is 1.80 bits per heavy atom. The third kappa shape index (κ3) is 6.27. The minimum Gasteiger partial charge on any atom is -0.497 e. The Hall–Kier alpha value is -4.50. The molecule has 6 heterocycles. The quantitative estimate of drug-likeness (QED) is 0.269. The summed E-state index contributed by atoms with van der Waals surface area (Å²) in [6.07, 6.45) is 10.5. The first-order valence-corrected chi connectivity index (χ1v) is 21.1. The van der Waals surface area contributed by atoms with Crippen molar-refractivity contribution in [3.05, 3.63) is 70.5 Å². The first-order valence-electron chi connectivity index (χ1n) is 19.7. The number of carbonyl (C=O) groups excluding carboxylic acids is 2. The fourth-order valence-corrected chi connectivity index (χ4v) is 11.0. The van der Waals surface area contributed by atoms with Gasteiger partial charge in [-0.3, -0.25) is 19.2 Å². The number of nitrogens with zero attached hydrogens (tertiary/aromatic N) is 6. The van der Waals surface area contributed by atoms with Gasteiger partial charge < -0.3 is 18.9 Å². The number of aryl methyl sites for hydroxylation is 1. The van der Waals surface area contributed by atoms with E-state index in [0.717, 1.165) is 89.9 Å². The highest BCUT2D eigenvalue weighted by Crippen LogP contribution is 2.48. The highest BCUT2D eigenvalue weighted by Gasteiger charge is 2.45. The third-order valence-electron chi connectivity index (χ3n) is 12.6. The van der Waals surface area contributed by atoms with Crippen molar-refractivity contribution in [1.82, 2.24) is 33.2 Å². The predicted octanol–water partition coefficient (Wildman–Crippen LogP) is 4.88. The minimum absolute atomic E-state index is 0.00304. The van der Waals surface area contributed by atoms with E-state index in [4.69, 9.17) is 9.47 Å². The van der Waals surface area contributed by atoms with Crippen LogP contribution < -0.4 is 9.46 Å². The summed E-state index contributed by atoms with van der Waals surface area (Å²) in [6, 6.07) is 12.3. The fraction of sp³-hybridized carbons (Fsp3) is 0.488. The van der Waals surface area contributed by atoms with Gasteiger partial charge in [-0.15, -0.1) is 0 Å². The molecule has 55 heavy (non-hydrogen) atoms. The Morgan fingerprint density at radius 3 is 2.53 bits per heavy atom. The summed E-state index contributed by atoms with van der Waals surface area (Å²) in [5, 5.41) is 5.72. The largest absolute Gasteiger partial charge is 0.497 e. The number of likely N-dealkylation sites (tertiary alicyclic amines) is 2. The number of hydrogen-bond acceptors (Lipinski definition) is 8. The smallest absolute Gasteiger partial charge is 0.304 e. The van der Waals surface area contributed by atoms with Gasteiger partial charge in [0, 0.05) is 67.3 Å². The molecule has 0 radical (unpaired) electrons. The van der Waals surface area contributed by atoms with Crippen LogP contribution in [0.2, 0.25) is 0 Å². The van der Waals surface area contributed by atoms with Crippen LogP contribution in [0.1, 0.15) is 88.9 Å². The average molecular weight is 768 g/mol. The molecule has 14 heteroatoms. The van der Waals surface area contributed by atoms with Gasteiger partial charge in [0.15, 0.2) is 0 Å². The molecule has 5 aliphatic rings. The van der Waals surface area contributed by atoms with Gasteiger partial charge in [-0.05, 0) is 84.8 Å². The molecule has 1 N–H and O–H groups in total. The Labute approximate surface area is 322 Å². The summed E-state index contributed by atoms with van der Waals surface area (Å²) in [4.78, 5) is 32.7. The number of likely N-dealkylation sites (N-methyl/N-ethyl adjacent to an activating group) is 1. The molecule has 0 spiro atoms. The molecule has 2 aromatic heterocycles. The number of carbonyl (C=O) groups is 2. The van der Waals surface area contributed by atoms with Crippen molar-refractivity contribution in [2.24, 2.45) is 7.05 Å². The first kappa shape index (κ1) is 36.2. The van der Waals surface area contributed by atoms with Crippen molar-refractivity contribution in [3.63, 3.8) is 0 Å². The number of aromatic nitrogens is 3. The maximum Gasteiger partial charge on any atom is 0.304 e. The van der Waals surface area contributed by atoms with Crippen LogP contribution in [0.4, 0.5) is 0 Å². The van der Waals surface area contributed by atoms with Gasteiger partial charge in [0.05, 0.1) is 50.0 Å². The number of rotatable bonds is 8.